The van der Waals surface area contributed by atoms with Crippen molar-refractivity contribution in [3.05, 3.63) is 46.0 Å². The highest BCUT2D eigenvalue weighted by Gasteiger charge is 2.21. The molecule has 0 amide bonds. The van der Waals surface area contributed by atoms with Crippen molar-refractivity contribution in [1.29, 1.82) is 0 Å². The van der Waals surface area contributed by atoms with Gasteiger partial charge in [0.1, 0.15) is 11.5 Å². The number of rotatable bonds is 18. The second-order valence-electron chi connectivity index (χ2n) is 10.6. The smallest absolute Gasteiger partial charge is 0.344 e. The van der Waals surface area contributed by atoms with Gasteiger partial charge in [-0.2, -0.15) is 0 Å². The predicted octanol–water partition coefficient (Wildman–Crippen LogP) is 8.87. The maximum absolute atomic E-state index is 12.7. The summed E-state index contributed by atoms with van der Waals surface area (Å²) in [5.74, 6) is 1.18. The van der Waals surface area contributed by atoms with Crippen LogP contribution in [-0.4, -0.2) is 38.4 Å². The molecule has 0 aliphatic carbocycles. The maximum Gasteiger partial charge on any atom is 0.344 e. The first-order valence-electron chi connectivity index (χ1n) is 15.1. The number of esters is 2. The average molecular weight is 677 g/mol. The van der Waals surface area contributed by atoms with Crippen molar-refractivity contribution < 1.29 is 28.5 Å². The van der Waals surface area contributed by atoms with Gasteiger partial charge in [0.25, 0.3) is 0 Å². The lowest BCUT2D eigenvalue weighted by atomic mass is 10.0. The van der Waals surface area contributed by atoms with E-state index in [0.29, 0.717) is 36.5 Å². The summed E-state index contributed by atoms with van der Waals surface area (Å²) in [7, 11) is 0. The van der Waals surface area contributed by atoms with Gasteiger partial charge >= 0.3 is 11.9 Å². The molecule has 0 spiro atoms. The molecule has 0 saturated heterocycles. The van der Waals surface area contributed by atoms with Crippen molar-refractivity contribution >= 4 is 56.1 Å². The van der Waals surface area contributed by atoms with Crippen LogP contribution < -0.4 is 9.47 Å². The lowest BCUT2D eigenvalue weighted by molar-refractivity contribution is -0.148. The van der Waals surface area contributed by atoms with Gasteiger partial charge in [-0.3, -0.25) is 0 Å². The molecule has 2 atom stereocenters. The third-order valence-corrected chi connectivity index (χ3v) is 8.52. The van der Waals surface area contributed by atoms with Crippen molar-refractivity contribution in [3.63, 3.8) is 0 Å². The van der Waals surface area contributed by atoms with Gasteiger partial charge in [0, 0.05) is 25.1 Å². The van der Waals surface area contributed by atoms with Crippen LogP contribution in [-0.2, 0) is 19.1 Å². The molecule has 3 aromatic rings. The zero-order chi connectivity index (χ0) is 29.6. The van der Waals surface area contributed by atoms with Crippen molar-refractivity contribution in [2.24, 2.45) is 11.8 Å². The average Bonchev–Trinajstić information content (AvgIpc) is 2.99. The lowest BCUT2D eigenvalue weighted by Gasteiger charge is -2.19. The van der Waals surface area contributed by atoms with Crippen LogP contribution in [0.3, 0.4) is 0 Å². The van der Waals surface area contributed by atoms with Gasteiger partial charge < -0.3 is 18.9 Å². The van der Waals surface area contributed by atoms with Gasteiger partial charge in [-0.25, -0.2) is 9.59 Å². The third-order valence-electron chi connectivity index (χ3n) is 7.62. The standard InChI is InChI=1S/C34H45IO6/c1-5-9-14-24(7-3)20-38-30(36)22-40-33-26-16-11-12-17-27(26)34(32-28(33)18-13-19-29(32)35)41-23-31(37)39-21-25(8-4)15-10-6-2/h11-13,16-19,24-25H,5-10,14-15,20-23H2,1-4H3. The first-order valence-corrected chi connectivity index (χ1v) is 16.2. The minimum atomic E-state index is -0.379. The summed E-state index contributed by atoms with van der Waals surface area (Å²) in [4.78, 5) is 25.3. The minimum absolute atomic E-state index is 0.183. The Balaban J connectivity index is 1.80. The number of ether oxygens (including phenoxy) is 4. The quantitative estimate of drug-likeness (QED) is 0.0762. The largest absolute Gasteiger partial charge is 0.481 e. The first-order chi connectivity index (χ1) is 19.9. The highest BCUT2D eigenvalue weighted by molar-refractivity contribution is 14.1. The van der Waals surface area contributed by atoms with Crippen LogP contribution in [0.25, 0.3) is 21.5 Å². The fraction of sp³-hybridized carbons (Fsp3) is 0.529. The molecule has 0 bridgehead atoms. The Morgan fingerprint density at radius 2 is 1.17 bits per heavy atom. The Labute approximate surface area is 258 Å². The zero-order valence-corrected chi connectivity index (χ0v) is 27.2. The minimum Gasteiger partial charge on any atom is -0.481 e. The van der Waals surface area contributed by atoms with E-state index >= 15 is 0 Å². The van der Waals surface area contributed by atoms with Crippen molar-refractivity contribution in [1.82, 2.24) is 0 Å². The molecule has 0 saturated carbocycles. The second kappa shape index (κ2) is 17.4. The summed E-state index contributed by atoms with van der Waals surface area (Å²) in [5, 5.41) is 3.26. The Bertz CT molecular complexity index is 1270. The number of halogens is 1. The van der Waals surface area contributed by atoms with Crippen LogP contribution in [0, 0.1) is 15.4 Å². The lowest BCUT2D eigenvalue weighted by Crippen LogP contribution is -2.20. The van der Waals surface area contributed by atoms with Gasteiger partial charge in [0.15, 0.2) is 13.2 Å². The molecular weight excluding hydrogens is 631 g/mol. The van der Waals surface area contributed by atoms with Gasteiger partial charge in [0.2, 0.25) is 0 Å². The molecule has 6 nitrogen and oxygen atoms in total. The van der Waals surface area contributed by atoms with E-state index in [2.05, 4.69) is 50.3 Å². The number of hydrogen-bond donors (Lipinski definition) is 0. The van der Waals surface area contributed by atoms with E-state index in [1.54, 1.807) is 0 Å². The van der Waals surface area contributed by atoms with Crippen molar-refractivity contribution in [3.8, 4) is 11.5 Å². The predicted molar refractivity (Wildman–Crippen MR) is 174 cm³/mol. The van der Waals surface area contributed by atoms with Crippen molar-refractivity contribution in [2.75, 3.05) is 26.4 Å². The summed E-state index contributed by atoms with van der Waals surface area (Å²) in [5.41, 5.74) is 0. The summed E-state index contributed by atoms with van der Waals surface area (Å²) in [6.07, 6.45) is 8.60. The van der Waals surface area contributed by atoms with Crippen LogP contribution in [0.2, 0.25) is 0 Å². The van der Waals surface area contributed by atoms with Crippen LogP contribution in [0.5, 0.6) is 11.5 Å². The Kier molecular flexibility index (Phi) is 14.0. The number of carbonyl (C=O) groups excluding carboxylic acids is 2. The molecule has 0 aliphatic rings. The molecule has 7 heteroatoms. The molecule has 0 fully saturated rings. The first kappa shape index (κ1) is 33.0. The Morgan fingerprint density at radius 3 is 1.68 bits per heavy atom. The number of benzene rings is 3. The molecule has 0 heterocycles. The third kappa shape index (κ3) is 9.48. The summed E-state index contributed by atoms with van der Waals surface area (Å²) < 4.78 is 24.5. The zero-order valence-electron chi connectivity index (χ0n) is 25.0. The highest BCUT2D eigenvalue weighted by Crippen LogP contribution is 2.44. The number of hydrogen-bond acceptors (Lipinski definition) is 6. The van der Waals surface area contributed by atoms with E-state index in [1.165, 1.54) is 0 Å². The molecule has 0 aromatic heterocycles. The molecule has 41 heavy (non-hydrogen) atoms. The van der Waals surface area contributed by atoms with Gasteiger partial charge in [-0.1, -0.05) is 103 Å². The monoisotopic (exact) mass is 676 g/mol. The van der Waals surface area contributed by atoms with E-state index in [4.69, 9.17) is 18.9 Å². The molecular formula is C34H45IO6. The second-order valence-corrected chi connectivity index (χ2v) is 11.8. The van der Waals surface area contributed by atoms with E-state index < -0.39 is 0 Å². The topological polar surface area (TPSA) is 71.1 Å². The molecule has 0 N–H and O–H groups in total. The maximum atomic E-state index is 12.7. The highest BCUT2D eigenvalue weighted by atomic mass is 127. The normalized spacial score (nSPS) is 12.7. The molecule has 0 radical (unpaired) electrons. The van der Waals surface area contributed by atoms with E-state index in [-0.39, 0.29) is 25.2 Å². The summed E-state index contributed by atoms with van der Waals surface area (Å²) in [6.45, 7) is 9.06. The fourth-order valence-electron chi connectivity index (χ4n) is 4.97. The molecule has 3 aromatic carbocycles. The molecule has 3 rings (SSSR count). The van der Waals surface area contributed by atoms with E-state index in [1.807, 2.05) is 42.5 Å². The number of carbonyl (C=O) groups is 2. The molecule has 0 aliphatic heterocycles. The SMILES string of the molecule is CCCCC(CC)COC(=O)COc1c2ccccc2c(OCC(=O)OCC(CC)CCCC)c2c(I)cccc12. The van der Waals surface area contributed by atoms with Gasteiger partial charge in [-0.15, -0.1) is 0 Å². The summed E-state index contributed by atoms with van der Waals surface area (Å²) >= 11 is 2.27. The Hall–Kier alpha value is -2.55. The number of fused-ring (bicyclic) bond motifs is 2. The molecule has 224 valence electrons. The van der Waals surface area contributed by atoms with E-state index in [0.717, 1.165) is 76.5 Å². The van der Waals surface area contributed by atoms with E-state index in [9.17, 15) is 9.59 Å². The number of unbranched alkanes of at least 4 members (excludes halogenated alkanes) is 2. The van der Waals surface area contributed by atoms with Gasteiger partial charge in [0.05, 0.1) is 13.2 Å². The Morgan fingerprint density at radius 1 is 0.683 bits per heavy atom. The van der Waals surface area contributed by atoms with Crippen LogP contribution in [0.4, 0.5) is 0 Å². The van der Waals surface area contributed by atoms with Gasteiger partial charge in [-0.05, 0) is 53.3 Å². The summed E-state index contributed by atoms with van der Waals surface area (Å²) in [6, 6.07) is 13.6. The van der Waals surface area contributed by atoms with Crippen LogP contribution in [0.1, 0.15) is 79.1 Å². The van der Waals surface area contributed by atoms with Crippen LogP contribution in [0.15, 0.2) is 42.5 Å². The fourth-order valence-corrected chi connectivity index (χ4v) is 5.71. The van der Waals surface area contributed by atoms with Crippen molar-refractivity contribution in [2.45, 2.75) is 79.1 Å². The van der Waals surface area contributed by atoms with Crippen LogP contribution >= 0.6 is 22.6 Å². The molecule has 2 unspecified atom stereocenters.